The van der Waals surface area contributed by atoms with Gasteiger partial charge in [0.1, 0.15) is 0 Å². The molecule has 0 aromatic carbocycles. The molecule has 0 atom stereocenters. The van der Waals surface area contributed by atoms with Crippen molar-refractivity contribution in [2.75, 3.05) is 52.7 Å². The number of hydrogen-bond donors (Lipinski definition) is 0. The van der Waals surface area contributed by atoms with Crippen molar-refractivity contribution in [3.05, 3.63) is 0 Å². The van der Waals surface area contributed by atoms with Gasteiger partial charge in [-0.25, -0.2) is 0 Å². The minimum absolute atomic E-state index is 0.601. The summed E-state index contributed by atoms with van der Waals surface area (Å²) >= 11 is 0. The average molecular weight is 410 g/mol. The minimum atomic E-state index is -2.68. The highest BCUT2D eigenvalue weighted by atomic mass is 28.4. The van der Waals surface area contributed by atoms with E-state index in [1.54, 1.807) is 0 Å². The molecular weight excluding hydrogens is 366 g/mol. The van der Waals surface area contributed by atoms with Gasteiger partial charge in [-0.05, 0) is 53.8 Å². The Morgan fingerprint density at radius 3 is 1.31 bits per heavy atom. The van der Waals surface area contributed by atoms with Crippen LogP contribution in [0.3, 0.4) is 0 Å². The van der Waals surface area contributed by atoms with Crippen molar-refractivity contribution in [1.29, 1.82) is 0 Å². The Balaban J connectivity index is 5.26. The van der Waals surface area contributed by atoms with E-state index in [1.165, 1.54) is 0 Å². The molecule has 0 saturated heterocycles. The van der Waals surface area contributed by atoms with Crippen LogP contribution in [-0.4, -0.2) is 74.9 Å². The fourth-order valence-corrected chi connectivity index (χ4v) is 10.6. The molecule has 0 aliphatic rings. The van der Waals surface area contributed by atoms with Gasteiger partial charge in [-0.1, -0.05) is 13.8 Å². The predicted octanol–water partition coefficient (Wildman–Crippen LogP) is 3.89. The average Bonchev–Trinajstić information content (AvgIpc) is 2.62. The molecule has 0 rings (SSSR count). The minimum Gasteiger partial charge on any atom is -0.394 e. The Morgan fingerprint density at radius 1 is 0.538 bits per heavy atom. The van der Waals surface area contributed by atoms with Crippen molar-refractivity contribution >= 4 is 17.4 Å². The molecule has 158 valence electrons. The maximum atomic E-state index is 6.28. The first-order valence-electron chi connectivity index (χ1n) is 10.4. The Bertz CT molecular complexity index is 310. The number of hydrogen-bond acceptors (Lipinski definition) is 6. The molecule has 0 aromatic rings. The van der Waals surface area contributed by atoms with Gasteiger partial charge in [-0.15, -0.1) is 0 Å². The Hall–Kier alpha value is 0.194. The lowest BCUT2D eigenvalue weighted by Gasteiger charge is -2.35. The van der Waals surface area contributed by atoms with Crippen molar-refractivity contribution in [1.82, 2.24) is 4.90 Å². The summed E-state index contributed by atoms with van der Waals surface area (Å²) in [5, 5.41) is 0. The van der Waals surface area contributed by atoms with E-state index in [0.717, 1.165) is 37.8 Å². The van der Waals surface area contributed by atoms with Crippen LogP contribution in [-0.2, 0) is 22.1 Å². The summed E-state index contributed by atoms with van der Waals surface area (Å²) < 4.78 is 30.6. The first kappa shape index (κ1) is 26.2. The van der Waals surface area contributed by atoms with Crippen LogP contribution in [0.5, 0.6) is 0 Å². The second-order valence-corrected chi connectivity index (χ2v) is 12.2. The standard InChI is InChI=1S/C18H43NO5Si2/c1-8-19(9-2)15-16-25(20-10-3,21-11-4)17-18-26(22-12-5,23-13-6)24-14-7/h8-18H2,1-7H3. The zero-order valence-corrected chi connectivity index (χ0v) is 20.3. The second-order valence-electron chi connectivity index (χ2n) is 6.04. The molecule has 0 radical (unpaired) electrons. The number of nitrogens with zero attached hydrogens (tertiary/aromatic N) is 1. The molecule has 0 aliphatic carbocycles. The van der Waals surface area contributed by atoms with Crippen LogP contribution in [0.25, 0.3) is 0 Å². The van der Waals surface area contributed by atoms with Crippen LogP contribution >= 0.6 is 0 Å². The maximum Gasteiger partial charge on any atom is 0.500 e. The lowest BCUT2D eigenvalue weighted by atomic mass is 10.5. The van der Waals surface area contributed by atoms with E-state index in [9.17, 15) is 0 Å². The highest BCUT2D eigenvalue weighted by Crippen LogP contribution is 2.28. The zero-order chi connectivity index (χ0) is 19.9. The summed E-state index contributed by atoms with van der Waals surface area (Å²) in [5.74, 6) is 0. The fraction of sp³-hybridized carbons (Fsp3) is 1.00. The molecule has 0 saturated carbocycles. The first-order chi connectivity index (χ1) is 12.5. The first-order valence-corrected chi connectivity index (χ1v) is 14.6. The zero-order valence-electron chi connectivity index (χ0n) is 18.3. The molecule has 0 amide bonds. The molecule has 6 nitrogen and oxygen atoms in total. The SMILES string of the molecule is CCO[Si](CCN(CC)CC)(CC[Si](OCC)(OCC)OCC)OCC. The van der Waals surface area contributed by atoms with E-state index < -0.39 is 17.4 Å². The normalized spacial score (nSPS) is 12.9. The fourth-order valence-electron chi connectivity index (χ4n) is 3.19. The van der Waals surface area contributed by atoms with Gasteiger partial charge in [-0.3, -0.25) is 0 Å². The van der Waals surface area contributed by atoms with E-state index in [2.05, 4.69) is 32.6 Å². The van der Waals surface area contributed by atoms with E-state index in [-0.39, 0.29) is 0 Å². The molecule has 0 fully saturated rings. The molecule has 0 spiro atoms. The Morgan fingerprint density at radius 2 is 0.962 bits per heavy atom. The highest BCUT2D eigenvalue weighted by Gasteiger charge is 2.46. The summed E-state index contributed by atoms with van der Waals surface area (Å²) in [6, 6.07) is 2.57. The van der Waals surface area contributed by atoms with Crippen molar-refractivity contribution in [2.24, 2.45) is 0 Å². The highest BCUT2D eigenvalue weighted by molar-refractivity contribution is 6.70. The summed E-state index contributed by atoms with van der Waals surface area (Å²) in [7, 11) is -5.01. The van der Waals surface area contributed by atoms with Gasteiger partial charge in [0.15, 0.2) is 0 Å². The third-order valence-corrected chi connectivity index (χ3v) is 11.6. The van der Waals surface area contributed by atoms with Gasteiger partial charge in [-0.2, -0.15) is 0 Å². The lowest BCUT2D eigenvalue weighted by Crippen LogP contribution is -2.51. The van der Waals surface area contributed by atoms with Gasteiger partial charge in [0.25, 0.3) is 0 Å². The van der Waals surface area contributed by atoms with Crippen LogP contribution in [0.1, 0.15) is 48.5 Å². The van der Waals surface area contributed by atoms with Crippen molar-refractivity contribution in [3.63, 3.8) is 0 Å². The van der Waals surface area contributed by atoms with Gasteiger partial charge in [0.2, 0.25) is 0 Å². The third kappa shape index (κ3) is 9.41. The quantitative estimate of drug-likeness (QED) is 0.320. The maximum absolute atomic E-state index is 6.28. The van der Waals surface area contributed by atoms with Crippen molar-refractivity contribution in [3.8, 4) is 0 Å². The van der Waals surface area contributed by atoms with Gasteiger partial charge < -0.3 is 27.0 Å². The molecule has 0 bridgehead atoms. The summed E-state index contributed by atoms with van der Waals surface area (Å²) in [4.78, 5) is 2.43. The predicted molar refractivity (Wildman–Crippen MR) is 112 cm³/mol. The summed E-state index contributed by atoms with van der Waals surface area (Å²) in [6.07, 6.45) is 0. The van der Waals surface area contributed by atoms with Gasteiger partial charge >= 0.3 is 17.4 Å². The van der Waals surface area contributed by atoms with Gasteiger partial charge in [0.05, 0.1) is 0 Å². The largest absolute Gasteiger partial charge is 0.500 e. The van der Waals surface area contributed by atoms with Crippen LogP contribution in [0.4, 0.5) is 0 Å². The van der Waals surface area contributed by atoms with Crippen molar-refractivity contribution < 1.29 is 22.1 Å². The molecule has 0 heterocycles. The molecule has 0 aliphatic heterocycles. The summed E-state index contributed by atoms with van der Waals surface area (Å²) in [5.41, 5.74) is 0. The molecular formula is C18H43NO5Si2. The molecule has 0 aromatic heterocycles. The Kier molecular flexibility index (Phi) is 15.3. The number of rotatable bonds is 18. The third-order valence-electron chi connectivity index (χ3n) is 4.42. The van der Waals surface area contributed by atoms with E-state index in [4.69, 9.17) is 22.1 Å². The van der Waals surface area contributed by atoms with E-state index in [0.29, 0.717) is 33.0 Å². The summed E-state index contributed by atoms with van der Waals surface area (Å²) in [6.45, 7) is 20.8. The molecule has 0 N–H and O–H groups in total. The van der Waals surface area contributed by atoms with Crippen molar-refractivity contribution in [2.45, 2.75) is 66.6 Å². The van der Waals surface area contributed by atoms with Gasteiger partial charge in [0, 0.05) is 51.7 Å². The van der Waals surface area contributed by atoms with Crippen LogP contribution in [0.15, 0.2) is 0 Å². The second kappa shape index (κ2) is 15.2. The van der Waals surface area contributed by atoms with Crippen LogP contribution in [0.2, 0.25) is 18.1 Å². The molecule has 26 heavy (non-hydrogen) atoms. The molecule has 8 heteroatoms. The lowest BCUT2D eigenvalue weighted by molar-refractivity contribution is 0.0710. The smallest absolute Gasteiger partial charge is 0.394 e. The monoisotopic (exact) mass is 409 g/mol. The van der Waals surface area contributed by atoms with E-state index >= 15 is 0 Å². The molecule has 0 unspecified atom stereocenters. The van der Waals surface area contributed by atoms with E-state index in [1.807, 2.05) is 20.8 Å². The topological polar surface area (TPSA) is 49.4 Å². The van der Waals surface area contributed by atoms with Crippen LogP contribution < -0.4 is 0 Å². The van der Waals surface area contributed by atoms with Crippen LogP contribution in [0, 0.1) is 0 Å². The Labute approximate surface area is 164 Å².